The number of halogens is 1. The monoisotopic (exact) mass is 217 g/mol. The first-order valence-corrected chi connectivity index (χ1v) is 5.70. The summed E-state index contributed by atoms with van der Waals surface area (Å²) < 4.78 is 0. The van der Waals surface area contributed by atoms with Gasteiger partial charge in [0.25, 0.3) is 0 Å². The van der Waals surface area contributed by atoms with Gasteiger partial charge < -0.3 is 0 Å². The van der Waals surface area contributed by atoms with Crippen molar-refractivity contribution in [1.82, 2.24) is 5.32 Å². The summed E-state index contributed by atoms with van der Waals surface area (Å²) in [5, 5.41) is 3.19. The van der Waals surface area contributed by atoms with Crippen molar-refractivity contribution >= 4 is 17.4 Å². The van der Waals surface area contributed by atoms with Crippen LogP contribution < -0.4 is 5.32 Å². The molecule has 3 heteroatoms. The van der Waals surface area contributed by atoms with Crippen LogP contribution in [0, 0.1) is 11.3 Å². The van der Waals surface area contributed by atoms with Crippen molar-refractivity contribution in [2.45, 2.75) is 52.1 Å². The molecule has 0 amide bonds. The second kappa shape index (κ2) is 4.19. The van der Waals surface area contributed by atoms with Gasteiger partial charge in [0.1, 0.15) is 0 Å². The molecule has 1 fully saturated rings. The van der Waals surface area contributed by atoms with Gasteiger partial charge in [-0.3, -0.25) is 10.1 Å². The number of rotatable bonds is 1. The van der Waals surface area contributed by atoms with Gasteiger partial charge in [-0.05, 0) is 18.8 Å². The van der Waals surface area contributed by atoms with Crippen molar-refractivity contribution in [2.75, 3.05) is 0 Å². The van der Waals surface area contributed by atoms with Crippen molar-refractivity contribution in [3.05, 3.63) is 0 Å². The van der Waals surface area contributed by atoms with Crippen LogP contribution in [0.1, 0.15) is 40.5 Å². The molecular formula is C11H20ClNO. The molecule has 1 N–H and O–H groups in total. The lowest BCUT2D eigenvalue weighted by atomic mass is 9.82. The summed E-state index contributed by atoms with van der Waals surface area (Å²) in [7, 11) is 0. The lowest BCUT2D eigenvalue weighted by molar-refractivity contribution is -0.129. The van der Waals surface area contributed by atoms with Crippen LogP contribution in [-0.4, -0.2) is 17.3 Å². The van der Waals surface area contributed by atoms with Gasteiger partial charge in [-0.2, -0.15) is 0 Å². The number of hydrogen-bond donors (Lipinski definition) is 1. The van der Waals surface area contributed by atoms with Crippen LogP contribution in [0.2, 0.25) is 0 Å². The van der Waals surface area contributed by atoms with Gasteiger partial charge in [-0.15, -0.1) is 11.6 Å². The summed E-state index contributed by atoms with van der Waals surface area (Å²) in [5.74, 6) is 0.732. The average Bonchev–Trinajstić information content (AvgIpc) is 2.07. The molecule has 1 heterocycles. The Kier molecular flexibility index (Phi) is 3.59. The summed E-state index contributed by atoms with van der Waals surface area (Å²) in [4.78, 5) is 12.0. The van der Waals surface area contributed by atoms with Crippen molar-refractivity contribution in [3.8, 4) is 0 Å². The molecule has 3 unspecified atom stereocenters. The molecule has 14 heavy (non-hydrogen) atoms. The number of alkyl halides is 1. The van der Waals surface area contributed by atoms with Crippen molar-refractivity contribution in [1.29, 1.82) is 0 Å². The average molecular weight is 218 g/mol. The third kappa shape index (κ3) is 2.71. The van der Waals surface area contributed by atoms with E-state index in [0.717, 1.165) is 12.8 Å². The maximum absolute atomic E-state index is 12.0. The third-order valence-electron chi connectivity index (χ3n) is 2.83. The van der Waals surface area contributed by atoms with Gasteiger partial charge in [0.05, 0.1) is 11.5 Å². The lowest BCUT2D eigenvalue weighted by Gasteiger charge is -2.34. The topological polar surface area (TPSA) is 29.1 Å². The second-order valence-corrected chi connectivity index (χ2v) is 5.76. The molecule has 0 radical (unpaired) electrons. The fourth-order valence-corrected chi connectivity index (χ4v) is 2.02. The molecule has 1 saturated heterocycles. The number of ketones is 1. The van der Waals surface area contributed by atoms with E-state index >= 15 is 0 Å². The van der Waals surface area contributed by atoms with E-state index in [-0.39, 0.29) is 22.7 Å². The van der Waals surface area contributed by atoms with Gasteiger partial charge in [0, 0.05) is 5.41 Å². The largest absolute Gasteiger partial charge is 0.297 e. The van der Waals surface area contributed by atoms with Gasteiger partial charge in [0.15, 0.2) is 5.78 Å². The van der Waals surface area contributed by atoms with E-state index in [4.69, 9.17) is 11.6 Å². The third-order valence-corrected chi connectivity index (χ3v) is 3.38. The first kappa shape index (κ1) is 12.0. The van der Waals surface area contributed by atoms with Crippen LogP contribution in [0.4, 0.5) is 0 Å². The van der Waals surface area contributed by atoms with Gasteiger partial charge in [-0.25, -0.2) is 0 Å². The molecule has 0 saturated carbocycles. The van der Waals surface area contributed by atoms with Crippen molar-refractivity contribution < 1.29 is 4.79 Å². The highest BCUT2D eigenvalue weighted by Crippen LogP contribution is 2.26. The molecular weight excluding hydrogens is 198 g/mol. The van der Waals surface area contributed by atoms with Gasteiger partial charge in [0.2, 0.25) is 0 Å². The number of Topliss-reactive ketones (excluding diaryl/α,β-unsaturated/α-hetero) is 1. The van der Waals surface area contributed by atoms with Crippen LogP contribution in [0.5, 0.6) is 0 Å². The summed E-state index contributed by atoms with van der Waals surface area (Å²) in [6.07, 6.45) is 1.95. The smallest absolute Gasteiger partial charge is 0.155 e. The van der Waals surface area contributed by atoms with E-state index in [9.17, 15) is 4.79 Å². The van der Waals surface area contributed by atoms with E-state index in [1.54, 1.807) is 0 Å². The Bertz CT molecular complexity index is 222. The van der Waals surface area contributed by atoms with E-state index < -0.39 is 0 Å². The zero-order valence-electron chi connectivity index (χ0n) is 9.43. The predicted octanol–water partition coefficient (Wildman–Crippen LogP) is 2.55. The van der Waals surface area contributed by atoms with Crippen LogP contribution in [0.3, 0.4) is 0 Å². The summed E-state index contributed by atoms with van der Waals surface area (Å²) in [6, 6.07) is -0.0475. The molecule has 0 aromatic carbocycles. The molecule has 1 aliphatic rings. The van der Waals surface area contributed by atoms with E-state index in [1.807, 2.05) is 20.8 Å². The highest BCUT2D eigenvalue weighted by molar-refractivity contribution is 6.20. The Morgan fingerprint density at radius 2 is 1.93 bits per heavy atom. The zero-order chi connectivity index (χ0) is 10.9. The SMILES string of the molecule is CC1CCC(C(=O)C(C)(C)C)NC1Cl. The number of hydrogen-bond acceptors (Lipinski definition) is 2. The van der Waals surface area contributed by atoms with Crippen molar-refractivity contribution in [3.63, 3.8) is 0 Å². The Labute approximate surface area is 91.4 Å². The maximum Gasteiger partial charge on any atom is 0.155 e. The van der Waals surface area contributed by atoms with Crippen LogP contribution >= 0.6 is 11.6 Å². The highest BCUT2D eigenvalue weighted by Gasteiger charge is 2.34. The molecule has 0 aliphatic carbocycles. The molecule has 3 atom stereocenters. The number of carbonyl (C=O) groups is 1. The number of carbonyl (C=O) groups excluding carboxylic acids is 1. The van der Waals surface area contributed by atoms with Gasteiger partial charge >= 0.3 is 0 Å². The quantitative estimate of drug-likeness (QED) is 0.540. The van der Waals surface area contributed by atoms with Crippen LogP contribution in [0.25, 0.3) is 0 Å². The lowest BCUT2D eigenvalue weighted by Crippen LogP contribution is -2.50. The summed E-state index contributed by atoms with van der Waals surface area (Å²) in [6.45, 7) is 7.98. The maximum atomic E-state index is 12.0. The standard InChI is InChI=1S/C11H20ClNO/c1-7-5-6-8(13-10(7)12)9(14)11(2,3)4/h7-8,10,13H,5-6H2,1-4H3. The first-order chi connectivity index (χ1) is 6.32. The minimum absolute atomic E-state index is 0.0475. The molecule has 0 aromatic heterocycles. The van der Waals surface area contributed by atoms with Crippen LogP contribution in [-0.2, 0) is 4.79 Å². The fourth-order valence-electron chi connectivity index (χ4n) is 1.75. The summed E-state index contributed by atoms with van der Waals surface area (Å²) >= 11 is 6.09. The van der Waals surface area contributed by atoms with E-state index in [0.29, 0.717) is 5.92 Å². The van der Waals surface area contributed by atoms with Crippen LogP contribution in [0.15, 0.2) is 0 Å². The molecule has 0 bridgehead atoms. The number of nitrogens with one attached hydrogen (secondary N) is 1. The molecule has 1 rings (SSSR count). The van der Waals surface area contributed by atoms with E-state index in [2.05, 4.69) is 12.2 Å². The van der Waals surface area contributed by atoms with E-state index in [1.165, 1.54) is 0 Å². The normalized spacial score (nSPS) is 34.2. The summed E-state index contributed by atoms with van der Waals surface area (Å²) in [5.41, 5.74) is -0.325. The molecule has 0 spiro atoms. The zero-order valence-corrected chi connectivity index (χ0v) is 10.2. The minimum atomic E-state index is -0.269. The fraction of sp³-hybridized carbons (Fsp3) is 0.909. The Morgan fingerprint density at radius 3 is 2.36 bits per heavy atom. The van der Waals surface area contributed by atoms with Gasteiger partial charge in [-0.1, -0.05) is 27.7 Å². The first-order valence-electron chi connectivity index (χ1n) is 5.27. The van der Waals surface area contributed by atoms with Crippen molar-refractivity contribution in [2.24, 2.45) is 11.3 Å². The molecule has 0 aromatic rings. The Hall–Kier alpha value is -0.0800. The number of piperidine rings is 1. The molecule has 1 aliphatic heterocycles. The second-order valence-electron chi connectivity index (χ2n) is 5.29. The predicted molar refractivity (Wildman–Crippen MR) is 59.4 cm³/mol. The molecule has 82 valence electrons. The molecule has 2 nitrogen and oxygen atoms in total. The minimum Gasteiger partial charge on any atom is -0.297 e. The Morgan fingerprint density at radius 1 is 1.36 bits per heavy atom. The highest BCUT2D eigenvalue weighted by atomic mass is 35.5. The Balaban J connectivity index is 2.59.